The van der Waals surface area contributed by atoms with E-state index >= 15 is 0 Å². The third-order valence-electron chi connectivity index (χ3n) is 4.95. The minimum Gasteiger partial charge on any atom is -0.497 e. The second-order valence-corrected chi connectivity index (χ2v) is 6.53. The molecule has 1 aliphatic carbocycles. The number of hydrogen-bond donors (Lipinski definition) is 1. The average Bonchev–Trinajstić information content (AvgIpc) is 2.69. The summed E-state index contributed by atoms with van der Waals surface area (Å²) < 4.78 is 10.7. The molecule has 0 aromatic heterocycles. The molecule has 0 bridgehead atoms. The van der Waals surface area contributed by atoms with Crippen LogP contribution in [0.1, 0.15) is 51.5 Å². The van der Waals surface area contributed by atoms with Crippen molar-refractivity contribution in [3.63, 3.8) is 0 Å². The number of rotatable bonds is 4. The van der Waals surface area contributed by atoms with Crippen LogP contribution < -0.4 is 9.47 Å². The van der Waals surface area contributed by atoms with Gasteiger partial charge in [-0.05, 0) is 49.7 Å². The van der Waals surface area contributed by atoms with Gasteiger partial charge >= 0.3 is 0 Å². The maximum Gasteiger partial charge on any atom is 0.128 e. The smallest absolute Gasteiger partial charge is 0.128 e. The summed E-state index contributed by atoms with van der Waals surface area (Å²) in [5, 5.41) is 11.2. The lowest BCUT2D eigenvalue weighted by Gasteiger charge is -2.29. The topological polar surface area (TPSA) is 38.7 Å². The highest BCUT2D eigenvalue weighted by Gasteiger charge is 2.35. The Kier molecular flexibility index (Phi) is 5.15. The Morgan fingerprint density at radius 1 is 1.14 bits per heavy atom. The predicted molar refractivity (Wildman–Crippen MR) is 84.9 cm³/mol. The van der Waals surface area contributed by atoms with E-state index in [-0.39, 0.29) is 0 Å². The minimum absolute atomic E-state index is 0.685. The standard InChI is InChI=1S/C18H28O3/c1-13(2)14-6-5-10-18(19,11-9-14)16-8-7-15(20-3)12-17(16)21-4/h7-8,12-14,19H,5-6,9-11H2,1-4H3. The molecule has 1 aromatic carbocycles. The Balaban J connectivity index is 2.27. The lowest BCUT2D eigenvalue weighted by atomic mass is 9.84. The number of aliphatic hydroxyl groups is 1. The summed E-state index contributed by atoms with van der Waals surface area (Å²) in [4.78, 5) is 0. The SMILES string of the molecule is COc1ccc(C2(O)CCCC(C(C)C)CC2)c(OC)c1. The van der Waals surface area contributed by atoms with Gasteiger partial charge in [0.1, 0.15) is 11.5 Å². The van der Waals surface area contributed by atoms with Crippen molar-refractivity contribution in [2.24, 2.45) is 11.8 Å². The summed E-state index contributed by atoms with van der Waals surface area (Å²) in [6, 6.07) is 5.71. The average molecular weight is 292 g/mol. The van der Waals surface area contributed by atoms with Gasteiger partial charge in [0.2, 0.25) is 0 Å². The van der Waals surface area contributed by atoms with E-state index in [2.05, 4.69) is 13.8 Å². The molecular weight excluding hydrogens is 264 g/mol. The second kappa shape index (κ2) is 6.69. The van der Waals surface area contributed by atoms with Crippen LogP contribution in [0.2, 0.25) is 0 Å². The highest BCUT2D eigenvalue weighted by molar-refractivity contribution is 5.44. The van der Waals surface area contributed by atoms with Crippen LogP contribution in [0.3, 0.4) is 0 Å². The van der Waals surface area contributed by atoms with Crippen LogP contribution in [0.25, 0.3) is 0 Å². The molecule has 3 nitrogen and oxygen atoms in total. The fourth-order valence-corrected chi connectivity index (χ4v) is 3.47. The monoisotopic (exact) mass is 292 g/mol. The number of ether oxygens (including phenoxy) is 2. The van der Waals surface area contributed by atoms with Crippen LogP contribution in [-0.2, 0) is 5.60 Å². The van der Waals surface area contributed by atoms with E-state index in [1.54, 1.807) is 14.2 Å². The van der Waals surface area contributed by atoms with Crippen LogP contribution in [0.4, 0.5) is 0 Å². The van der Waals surface area contributed by atoms with Crippen molar-refractivity contribution in [2.75, 3.05) is 14.2 Å². The van der Waals surface area contributed by atoms with Gasteiger partial charge in [-0.2, -0.15) is 0 Å². The van der Waals surface area contributed by atoms with Crippen molar-refractivity contribution >= 4 is 0 Å². The van der Waals surface area contributed by atoms with Gasteiger partial charge in [-0.15, -0.1) is 0 Å². The van der Waals surface area contributed by atoms with Crippen LogP contribution in [0.5, 0.6) is 11.5 Å². The van der Waals surface area contributed by atoms with E-state index in [0.29, 0.717) is 11.8 Å². The fourth-order valence-electron chi connectivity index (χ4n) is 3.47. The summed E-state index contributed by atoms with van der Waals surface area (Å²) in [6.07, 6.45) is 4.95. The molecule has 2 atom stereocenters. The van der Waals surface area contributed by atoms with Gasteiger partial charge in [-0.25, -0.2) is 0 Å². The second-order valence-electron chi connectivity index (χ2n) is 6.53. The van der Waals surface area contributed by atoms with Gasteiger partial charge in [-0.3, -0.25) is 0 Å². The summed E-state index contributed by atoms with van der Waals surface area (Å²) in [5.74, 6) is 2.88. The maximum absolute atomic E-state index is 11.2. The van der Waals surface area contributed by atoms with Crippen molar-refractivity contribution in [1.29, 1.82) is 0 Å². The zero-order valence-electron chi connectivity index (χ0n) is 13.7. The molecule has 2 rings (SSSR count). The zero-order chi connectivity index (χ0) is 15.5. The first-order chi connectivity index (χ1) is 10.00. The molecule has 0 amide bonds. The van der Waals surface area contributed by atoms with Crippen LogP contribution >= 0.6 is 0 Å². The summed E-state index contributed by atoms with van der Waals surface area (Å²) >= 11 is 0. The molecule has 1 fully saturated rings. The quantitative estimate of drug-likeness (QED) is 0.848. The number of methoxy groups -OCH3 is 2. The van der Waals surface area contributed by atoms with Crippen molar-refractivity contribution in [1.82, 2.24) is 0 Å². The normalized spacial score (nSPS) is 26.5. The van der Waals surface area contributed by atoms with E-state index in [0.717, 1.165) is 42.7 Å². The van der Waals surface area contributed by atoms with Crippen molar-refractivity contribution in [2.45, 2.75) is 51.6 Å². The molecule has 118 valence electrons. The molecule has 1 N–H and O–H groups in total. The van der Waals surface area contributed by atoms with E-state index < -0.39 is 5.60 Å². The van der Waals surface area contributed by atoms with Crippen molar-refractivity contribution < 1.29 is 14.6 Å². The lowest BCUT2D eigenvalue weighted by molar-refractivity contribution is 0.0169. The first kappa shape index (κ1) is 16.2. The van der Waals surface area contributed by atoms with E-state index in [1.165, 1.54) is 6.42 Å². The first-order valence-corrected chi connectivity index (χ1v) is 7.95. The molecule has 3 heteroatoms. The van der Waals surface area contributed by atoms with E-state index in [4.69, 9.17) is 9.47 Å². The van der Waals surface area contributed by atoms with Crippen LogP contribution in [-0.4, -0.2) is 19.3 Å². The molecule has 2 unspecified atom stereocenters. The Bertz CT molecular complexity index is 470. The Morgan fingerprint density at radius 2 is 1.90 bits per heavy atom. The largest absolute Gasteiger partial charge is 0.497 e. The van der Waals surface area contributed by atoms with Gasteiger partial charge in [0.05, 0.1) is 19.8 Å². The molecule has 21 heavy (non-hydrogen) atoms. The van der Waals surface area contributed by atoms with Gasteiger partial charge in [0.25, 0.3) is 0 Å². The fraction of sp³-hybridized carbons (Fsp3) is 0.667. The summed E-state index contributed by atoms with van der Waals surface area (Å²) in [5.41, 5.74) is 0.122. The Hall–Kier alpha value is -1.22. The lowest BCUT2D eigenvalue weighted by Crippen LogP contribution is -2.25. The van der Waals surface area contributed by atoms with E-state index in [9.17, 15) is 5.11 Å². The Labute approximate surface area is 128 Å². The summed E-state index contributed by atoms with van der Waals surface area (Å²) in [7, 11) is 3.29. The third kappa shape index (κ3) is 3.52. The van der Waals surface area contributed by atoms with Gasteiger partial charge in [0.15, 0.2) is 0 Å². The molecule has 0 spiro atoms. The summed E-state index contributed by atoms with van der Waals surface area (Å²) in [6.45, 7) is 4.56. The highest BCUT2D eigenvalue weighted by atomic mass is 16.5. The Morgan fingerprint density at radius 3 is 2.52 bits per heavy atom. The van der Waals surface area contributed by atoms with Crippen LogP contribution in [0.15, 0.2) is 18.2 Å². The van der Waals surface area contributed by atoms with Crippen LogP contribution in [0, 0.1) is 11.8 Å². The van der Waals surface area contributed by atoms with Crippen molar-refractivity contribution in [3.8, 4) is 11.5 Å². The highest BCUT2D eigenvalue weighted by Crippen LogP contribution is 2.43. The predicted octanol–water partition coefficient (Wildman–Crippen LogP) is 4.13. The van der Waals surface area contributed by atoms with Gasteiger partial charge < -0.3 is 14.6 Å². The molecule has 1 saturated carbocycles. The molecule has 0 radical (unpaired) electrons. The zero-order valence-corrected chi connectivity index (χ0v) is 13.7. The molecule has 1 aromatic rings. The number of benzene rings is 1. The van der Waals surface area contributed by atoms with Gasteiger partial charge in [0, 0.05) is 11.6 Å². The van der Waals surface area contributed by atoms with Gasteiger partial charge in [-0.1, -0.05) is 20.3 Å². The molecular formula is C18H28O3. The van der Waals surface area contributed by atoms with Crippen molar-refractivity contribution in [3.05, 3.63) is 23.8 Å². The van der Waals surface area contributed by atoms with E-state index in [1.807, 2.05) is 18.2 Å². The molecule has 0 heterocycles. The first-order valence-electron chi connectivity index (χ1n) is 7.95. The molecule has 0 aliphatic heterocycles. The minimum atomic E-state index is -0.777. The molecule has 0 saturated heterocycles. The maximum atomic E-state index is 11.2. The third-order valence-corrected chi connectivity index (χ3v) is 4.95. The molecule has 1 aliphatic rings. The number of hydrogen-bond acceptors (Lipinski definition) is 3.